The van der Waals surface area contributed by atoms with E-state index in [0.29, 0.717) is 38.9 Å². The number of thiophene rings is 1. The van der Waals surface area contributed by atoms with Gasteiger partial charge in [-0.2, -0.15) is 4.31 Å². The minimum atomic E-state index is -3.65. The Morgan fingerprint density at radius 3 is 2.73 bits per heavy atom. The van der Waals surface area contributed by atoms with E-state index in [0.717, 1.165) is 11.3 Å². The maximum absolute atomic E-state index is 12.7. The van der Waals surface area contributed by atoms with Crippen LogP contribution in [0.4, 0.5) is 0 Å². The van der Waals surface area contributed by atoms with E-state index >= 15 is 0 Å². The van der Waals surface area contributed by atoms with Gasteiger partial charge >= 0.3 is 0 Å². The van der Waals surface area contributed by atoms with Gasteiger partial charge in [-0.25, -0.2) is 21.1 Å². The summed E-state index contributed by atoms with van der Waals surface area (Å²) < 4.78 is 51.4. The van der Waals surface area contributed by atoms with Crippen molar-refractivity contribution >= 4 is 37.3 Å². The van der Waals surface area contributed by atoms with Crippen LogP contribution in [0.5, 0.6) is 0 Å². The maximum Gasteiger partial charge on any atom is 0.253 e. The van der Waals surface area contributed by atoms with Gasteiger partial charge in [0.15, 0.2) is 0 Å². The highest BCUT2D eigenvalue weighted by Crippen LogP contribution is 2.28. The molecule has 26 heavy (non-hydrogen) atoms. The molecule has 11 heteroatoms. The molecule has 1 saturated heterocycles. The fourth-order valence-corrected chi connectivity index (χ4v) is 6.43. The van der Waals surface area contributed by atoms with Crippen molar-refractivity contribution in [2.45, 2.75) is 36.4 Å². The third kappa shape index (κ3) is 4.83. The predicted octanol–water partition coefficient (Wildman–Crippen LogP) is 0.689. The molecular weight excluding hydrogens is 398 g/mol. The average molecular weight is 424 g/mol. The summed E-state index contributed by atoms with van der Waals surface area (Å²) in [6.45, 7) is 2.51. The Labute approximate surface area is 159 Å². The predicted molar refractivity (Wildman–Crippen MR) is 101 cm³/mol. The number of amides is 1. The molecule has 1 fully saturated rings. The van der Waals surface area contributed by atoms with Gasteiger partial charge in [0.05, 0.1) is 5.75 Å². The average Bonchev–Trinajstić information content (AvgIpc) is 3.30. The molecule has 8 nitrogen and oxygen atoms in total. The molecule has 0 aliphatic carbocycles. The van der Waals surface area contributed by atoms with Gasteiger partial charge in [-0.3, -0.25) is 4.79 Å². The Hall–Kier alpha value is -1.01. The number of hydrogen-bond acceptors (Lipinski definition) is 6. The summed E-state index contributed by atoms with van der Waals surface area (Å²) in [7, 11) is -5.38. The molecule has 1 N–H and O–H groups in total. The van der Waals surface area contributed by atoms with E-state index in [9.17, 15) is 21.6 Å². The molecule has 148 valence electrons. The zero-order chi connectivity index (χ0) is 19.4. The molecule has 1 aliphatic rings. The second kappa shape index (κ2) is 8.79. The largest absolute Gasteiger partial charge is 0.355 e. The number of sulfonamides is 2. The summed E-state index contributed by atoms with van der Waals surface area (Å²) in [5, 5.41) is 4.43. The lowest BCUT2D eigenvalue weighted by Crippen LogP contribution is -2.46. The summed E-state index contributed by atoms with van der Waals surface area (Å²) in [6, 6.07) is 2.50. The van der Waals surface area contributed by atoms with Crippen molar-refractivity contribution in [3.63, 3.8) is 0 Å². The Balaban J connectivity index is 1.89. The summed E-state index contributed by atoms with van der Waals surface area (Å²) >= 11 is 1.14. The van der Waals surface area contributed by atoms with Crippen LogP contribution in [0.3, 0.4) is 0 Å². The second-order valence-corrected chi connectivity index (χ2v) is 11.5. The number of hydrogen-bond donors (Lipinski definition) is 1. The van der Waals surface area contributed by atoms with E-state index in [1.54, 1.807) is 18.4 Å². The number of nitrogens with one attached hydrogen (secondary N) is 1. The fraction of sp³-hybridized carbons (Fsp3) is 0.667. The van der Waals surface area contributed by atoms with Crippen molar-refractivity contribution in [1.82, 2.24) is 13.9 Å². The van der Waals surface area contributed by atoms with E-state index < -0.39 is 26.1 Å². The molecule has 0 spiro atoms. The zero-order valence-corrected chi connectivity index (χ0v) is 17.4. The van der Waals surface area contributed by atoms with Gasteiger partial charge in [-0.1, -0.05) is 6.07 Å². The van der Waals surface area contributed by atoms with Crippen LogP contribution in [-0.4, -0.2) is 69.8 Å². The van der Waals surface area contributed by atoms with Crippen LogP contribution in [0.15, 0.2) is 21.7 Å². The standard InChI is InChI=1S/C15H25N3O5S3/c1-3-25(20,21)17(2)10-6-9-16-15(19)13-7-4-11-18(13)26(22,23)14-8-5-12-24-14/h5,8,12-13H,3-4,6-7,9-11H2,1-2H3,(H,16,19). The van der Waals surface area contributed by atoms with Gasteiger partial charge in [0.25, 0.3) is 10.0 Å². The highest BCUT2D eigenvalue weighted by Gasteiger charge is 2.39. The molecule has 1 amide bonds. The molecule has 1 aromatic heterocycles. The smallest absolute Gasteiger partial charge is 0.253 e. The van der Waals surface area contributed by atoms with E-state index in [1.807, 2.05) is 0 Å². The van der Waals surface area contributed by atoms with Crippen molar-refractivity contribution in [2.24, 2.45) is 0 Å². The molecule has 2 rings (SSSR count). The summed E-state index contributed by atoms with van der Waals surface area (Å²) in [4.78, 5) is 12.4. The molecule has 0 aromatic carbocycles. The summed E-state index contributed by atoms with van der Waals surface area (Å²) in [5.41, 5.74) is 0. The maximum atomic E-state index is 12.7. The Bertz CT molecular complexity index is 806. The first-order chi connectivity index (χ1) is 12.2. The molecule has 0 radical (unpaired) electrons. The van der Waals surface area contributed by atoms with Gasteiger partial charge in [0.2, 0.25) is 15.9 Å². The molecule has 0 saturated carbocycles. The van der Waals surface area contributed by atoms with Gasteiger partial charge in [0.1, 0.15) is 10.3 Å². The Kier molecular flexibility index (Phi) is 7.19. The number of carbonyl (C=O) groups is 1. The Morgan fingerprint density at radius 1 is 1.38 bits per heavy atom. The fourth-order valence-electron chi connectivity index (χ4n) is 2.81. The lowest BCUT2D eigenvalue weighted by Gasteiger charge is -2.23. The van der Waals surface area contributed by atoms with Gasteiger partial charge in [-0.05, 0) is 37.6 Å². The van der Waals surface area contributed by atoms with Crippen LogP contribution < -0.4 is 5.32 Å². The monoisotopic (exact) mass is 423 g/mol. The summed E-state index contributed by atoms with van der Waals surface area (Å²) in [5.74, 6) is -0.295. The molecule has 1 unspecified atom stereocenters. The molecule has 0 bridgehead atoms. The SMILES string of the molecule is CCS(=O)(=O)N(C)CCCNC(=O)C1CCCN1S(=O)(=O)c1cccs1. The molecule has 1 aromatic rings. The lowest BCUT2D eigenvalue weighted by molar-refractivity contribution is -0.124. The van der Waals surface area contributed by atoms with Crippen LogP contribution in [0.2, 0.25) is 0 Å². The van der Waals surface area contributed by atoms with Gasteiger partial charge in [0, 0.05) is 26.7 Å². The quantitative estimate of drug-likeness (QED) is 0.589. The first-order valence-corrected chi connectivity index (χ1v) is 12.4. The van der Waals surface area contributed by atoms with Crippen molar-refractivity contribution in [2.75, 3.05) is 32.4 Å². The van der Waals surface area contributed by atoms with Gasteiger partial charge in [-0.15, -0.1) is 11.3 Å². The minimum Gasteiger partial charge on any atom is -0.355 e. The molecule has 2 heterocycles. The van der Waals surface area contributed by atoms with E-state index in [2.05, 4.69) is 5.32 Å². The first kappa shape index (κ1) is 21.3. The third-order valence-electron chi connectivity index (χ3n) is 4.35. The van der Waals surface area contributed by atoms with E-state index in [-0.39, 0.29) is 15.9 Å². The van der Waals surface area contributed by atoms with Crippen LogP contribution in [-0.2, 0) is 24.8 Å². The summed E-state index contributed by atoms with van der Waals surface area (Å²) in [6.07, 6.45) is 1.59. The highest BCUT2D eigenvalue weighted by molar-refractivity contribution is 7.91. The normalized spacial score (nSPS) is 19.1. The number of nitrogens with zero attached hydrogens (tertiary/aromatic N) is 2. The molecule has 1 aliphatic heterocycles. The molecular formula is C15H25N3O5S3. The number of carbonyl (C=O) groups excluding carboxylic acids is 1. The van der Waals surface area contributed by atoms with Gasteiger partial charge < -0.3 is 5.32 Å². The van der Waals surface area contributed by atoms with Crippen molar-refractivity contribution in [3.05, 3.63) is 17.5 Å². The van der Waals surface area contributed by atoms with E-state index in [1.165, 1.54) is 21.7 Å². The lowest BCUT2D eigenvalue weighted by atomic mass is 10.2. The molecule has 1 atom stereocenters. The second-order valence-electron chi connectivity index (χ2n) is 6.07. The van der Waals surface area contributed by atoms with Crippen LogP contribution >= 0.6 is 11.3 Å². The van der Waals surface area contributed by atoms with Crippen LogP contribution in [0.1, 0.15) is 26.2 Å². The van der Waals surface area contributed by atoms with Crippen molar-refractivity contribution in [1.29, 1.82) is 0 Å². The number of rotatable bonds is 9. The minimum absolute atomic E-state index is 0.0352. The van der Waals surface area contributed by atoms with Crippen LogP contribution in [0, 0.1) is 0 Å². The van der Waals surface area contributed by atoms with Crippen molar-refractivity contribution < 1.29 is 21.6 Å². The van der Waals surface area contributed by atoms with Crippen LogP contribution in [0.25, 0.3) is 0 Å². The van der Waals surface area contributed by atoms with E-state index in [4.69, 9.17) is 0 Å². The Morgan fingerprint density at radius 2 is 2.12 bits per heavy atom. The van der Waals surface area contributed by atoms with Crippen molar-refractivity contribution in [3.8, 4) is 0 Å². The first-order valence-electron chi connectivity index (χ1n) is 8.47. The topological polar surface area (TPSA) is 104 Å². The zero-order valence-electron chi connectivity index (χ0n) is 14.9. The highest BCUT2D eigenvalue weighted by atomic mass is 32.2. The third-order valence-corrected chi connectivity index (χ3v) is 9.50.